The van der Waals surface area contributed by atoms with Gasteiger partial charge in [0.05, 0.1) is 16.2 Å². The smallest absolute Gasteiger partial charge is 0.335 e. The molecule has 0 aliphatic carbocycles. The molecule has 0 aliphatic heterocycles. The number of aromatic carboxylic acids is 1. The van der Waals surface area contributed by atoms with E-state index in [0.717, 1.165) is 4.88 Å². The summed E-state index contributed by atoms with van der Waals surface area (Å²) >= 11 is 1.36. The summed E-state index contributed by atoms with van der Waals surface area (Å²) in [6.45, 7) is 0. The van der Waals surface area contributed by atoms with Crippen molar-refractivity contribution in [2.75, 3.05) is 0 Å². The predicted octanol–water partition coefficient (Wildman–Crippen LogP) is 2.42. The van der Waals surface area contributed by atoms with E-state index in [-0.39, 0.29) is 16.2 Å². The Balaban J connectivity index is 2.35. The van der Waals surface area contributed by atoms with E-state index in [9.17, 15) is 13.2 Å². The SMILES string of the molecule is O=C(O)c1cccc(S(=O)(=O)Cc2cccs2)c1. The molecule has 0 bridgehead atoms. The number of carbonyl (C=O) groups is 1. The van der Waals surface area contributed by atoms with Crippen LogP contribution in [0.5, 0.6) is 0 Å². The summed E-state index contributed by atoms with van der Waals surface area (Å²) in [7, 11) is -3.49. The zero-order valence-corrected chi connectivity index (χ0v) is 10.9. The van der Waals surface area contributed by atoms with Gasteiger partial charge in [0.1, 0.15) is 0 Å². The Hall–Kier alpha value is -1.66. The Morgan fingerprint density at radius 3 is 2.61 bits per heavy atom. The van der Waals surface area contributed by atoms with Crippen molar-refractivity contribution in [1.29, 1.82) is 0 Å². The second-order valence-corrected chi connectivity index (χ2v) is 6.69. The van der Waals surface area contributed by atoms with E-state index < -0.39 is 15.8 Å². The summed E-state index contributed by atoms with van der Waals surface area (Å²) < 4.78 is 24.2. The Labute approximate surface area is 108 Å². The fourth-order valence-corrected chi connectivity index (χ4v) is 3.94. The third-order valence-corrected chi connectivity index (χ3v) is 5.07. The van der Waals surface area contributed by atoms with Crippen molar-refractivity contribution in [1.82, 2.24) is 0 Å². The maximum absolute atomic E-state index is 12.1. The highest BCUT2D eigenvalue weighted by atomic mass is 32.2. The van der Waals surface area contributed by atoms with Gasteiger partial charge < -0.3 is 5.11 Å². The summed E-state index contributed by atoms with van der Waals surface area (Å²) in [5.41, 5.74) is -0.0257. The predicted molar refractivity (Wildman–Crippen MR) is 68.6 cm³/mol. The molecule has 1 N–H and O–H groups in total. The minimum atomic E-state index is -3.49. The molecule has 1 aromatic heterocycles. The molecule has 0 aliphatic rings. The number of sulfone groups is 1. The molecule has 0 saturated carbocycles. The Morgan fingerprint density at radius 2 is 2.00 bits per heavy atom. The summed E-state index contributed by atoms with van der Waals surface area (Å²) in [6, 6.07) is 8.92. The van der Waals surface area contributed by atoms with Crippen LogP contribution >= 0.6 is 11.3 Å². The van der Waals surface area contributed by atoms with E-state index in [1.54, 1.807) is 17.5 Å². The van der Waals surface area contributed by atoms with Crippen LogP contribution in [0.25, 0.3) is 0 Å². The number of carboxylic acid groups (broad SMARTS) is 1. The second-order valence-electron chi connectivity index (χ2n) is 3.67. The van der Waals surface area contributed by atoms with Crippen LogP contribution in [0.15, 0.2) is 46.7 Å². The van der Waals surface area contributed by atoms with Gasteiger partial charge in [-0.05, 0) is 29.6 Å². The van der Waals surface area contributed by atoms with Gasteiger partial charge in [-0.25, -0.2) is 13.2 Å². The molecule has 0 atom stereocenters. The first-order chi connectivity index (χ1) is 8.49. The van der Waals surface area contributed by atoms with Crippen molar-refractivity contribution < 1.29 is 18.3 Å². The topological polar surface area (TPSA) is 71.4 Å². The number of thiophene rings is 1. The molecule has 0 radical (unpaired) electrons. The van der Waals surface area contributed by atoms with E-state index in [0.29, 0.717) is 0 Å². The first-order valence-corrected chi connectivity index (χ1v) is 7.61. The average Bonchev–Trinajstić information content (AvgIpc) is 2.81. The summed E-state index contributed by atoms with van der Waals surface area (Å²) in [5.74, 6) is -1.24. The third-order valence-electron chi connectivity index (χ3n) is 2.35. The van der Waals surface area contributed by atoms with Gasteiger partial charge in [0.2, 0.25) is 0 Å². The van der Waals surface area contributed by atoms with Gasteiger partial charge in [0, 0.05) is 4.88 Å². The van der Waals surface area contributed by atoms with Crippen molar-refractivity contribution in [2.45, 2.75) is 10.6 Å². The van der Waals surface area contributed by atoms with Gasteiger partial charge in [-0.2, -0.15) is 0 Å². The minimum absolute atomic E-state index is 0.0257. The molecular weight excluding hydrogens is 272 g/mol. The van der Waals surface area contributed by atoms with Crippen LogP contribution in [-0.2, 0) is 15.6 Å². The van der Waals surface area contributed by atoms with Crippen molar-refractivity contribution >= 4 is 27.1 Å². The number of hydrogen-bond donors (Lipinski definition) is 1. The molecule has 0 spiro atoms. The van der Waals surface area contributed by atoms with Gasteiger partial charge in [-0.15, -0.1) is 11.3 Å². The van der Waals surface area contributed by atoms with Crippen molar-refractivity contribution in [3.05, 3.63) is 52.2 Å². The van der Waals surface area contributed by atoms with Crippen LogP contribution in [0.3, 0.4) is 0 Å². The standard InChI is InChI=1S/C12H10O4S2/c13-12(14)9-3-1-5-11(7-9)18(15,16)8-10-4-2-6-17-10/h1-7H,8H2,(H,13,14). The molecule has 94 valence electrons. The summed E-state index contributed by atoms with van der Waals surface area (Å²) in [4.78, 5) is 11.6. The highest BCUT2D eigenvalue weighted by Crippen LogP contribution is 2.20. The number of hydrogen-bond acceptors (Lipinski definition) is 4. The normalized spacial score (nSPS) is 11.3. The van der Waals surface area contributed by atoms with E-state index >= 15 is 0 Å². The van der Waals surface area contributed by atoms with E-state index in [4.69, 9.17) is 5.11 Å². The number of carboxylic acids is 1. The zero-order chi connectivity index (χ0) is 13.2. The van der Waals surface area contributed by atoms with E-state index in [1.807, 2.05) is 0 Å². The van der Waals surface area contributed by atoms with Crippen LogP contribution < -0.4 is 0 Å². The maximum Gasteiger partial charge on any atom is 0.335 e. The lowest BCUT2D eigenvalue weighted by Crippen LogP contribution is -2.06. The molecular formula is C12H10O4S2. The minimum Gasteiger partial charge on any atom is -0.478 e. The van der Waals surface area contributed by atoms with Crippen LogP contribution in [0, 0.1) is 0 Å². The molecule has 18 heavy (non-hydrogen) atoms. The molecule has 0 saturated heterocycles. The maximum atomic E-state index is 12.1. The highest BCUT2D eigenvalue weighted by molar-refractivity contribution is 7.90. The van der Waals surface area contributed by atoms with Crippen LogP contribution in [0.1, 0.15) is 15.2 Å². The van der Waals surface area contributed by atoms with Gasteiger partial charge >= 0.3 is 5.97 Å². The van der Waals surface area contributed by atoms with Gasteiger partial charge in [0.15, 0.2) is 9.84 Å². The fraction of sp³-hybridized carbons (Fsp3) is 0.0833. The van der Waals surface area contributed by atoms with Crippen molar-refractivity contribution in [3.8, 4) is 0 Å². The highest BCUT2D eigenvalue weighted by Gasteiger charge is 2.17. The van der Waals surface area contributed by atoms with Gasteiger partial charge in [-0.1, -0.05) is 12.1 Å². The molecule has 2 rings (SSSR count). The second kappa shape index (κ2) is 4.91. The van der Waals surface area contributed by atoms with Gasteiger partial charge in [0.25, 0.3) is 0 Å². The fourth-order valence-electron chi connectivity index (χ4n) is 1.49. The lowest BCUT2D eigenvalue weighted by atomic mass is 10.2. The Bertz CT molecular complexity index is 657. The van der Waals surface area contributed by atoms with E-state index in [2.05, 4.69) is 0 Å². The lowest BCUT2D eigenvalue weighted by Gasteiger charge is -2.03. The average molecular weight is 282 g/mol. The quantitative estimate of drug-likeness (QED) is 0.934. The first-order valence-electron chi connectivity index (χ1n) is 5.07. The largest absolute Gasteiger partial charge is 0.478 e. The first kappa shape index (κ1) is 12.8. The lowest BCUT2D eigenvalue weighted by molar-refractivity contribution is 0.0696. The molecule has 0 unspecified atom stereocenters. The number of benzene rings is 1. The summed E-state index contributed by atoms with van der Waals surface area (Å²) in [5, 5.41) is 10.6. The molecule has 2 aromatic rings. The van der Waals surface area contributed by atoms with Crippen molar-refractivity contribution in [2.24, 2.45) is 0 Å². The molecule has 4 nitrogen and oxygen atoms in total. The molecule has 1 heterocycles. The Morgan fingerprint density at radius 1 is 1.22 bits per heavy atom. The van der Waals surface area contributed by atoms with Crippen LogP contribution in [-0.4, -0.2) is 19.5 Å². The van der Waals surface area contributed by atoms with Gasteiger partial charge in [-0.3, -0.25) is 0 Å². The molecule has 1 aromatic carbocycles. The zero-order valence-electron chi connectivity index (χ0n) is 9.24. The number of rotatable bonds is 4. The van der Waals surface area contributed by atoms with Crippen LogP contribution in [0.2, 0.25) is 0 Å². The third kappa shape index (κ3) is 2.77. The van der Waals surface area contributed by atoms with Crippen molar-refractivity contribution in [3.63, 3.8) is 0 Å². The molecule has 6 heteroatoms. The molecule has 0 fully saturated rings. The Kier molecular flexibility index (Phi) is 3.49. The monoisotopic (exact) mass is 282 g/mol. The summed E-state index contributed by atoms with van der Waals surface area (Å²) in [6.07, 6.45) is 0. The molecule has 0 amide bonds. The van der Waals surface area contributed by atoms with Crippen LogP contribution in [0.4, 0.5) is 0 Å². The van der Waals surface area contributed by atoms with E-state index in [1.165, 1.54) is 35.6 Å².